The minimum Gasteiger partial charge on any atom is -0.356 e. The summed E-state index contributed by atoms with van der Waals surface area (Å²) in [4.78, 5) is 16.5. The van der Waals surface area contributed by atoms with E-state index in [9.17, 15) is 4.79 Å². The molecule has 0 unspecified atom stereocenters. The molecule has 0 aliphatic rings. The Kier molecular flexibility index (Phi) is 3.20. The molecule has 0 amide bonds. The van der Waals surface area contributed by atoms with E-state index in [0.717, 1.165) is 18.6 Å². The zero-order valence-electron chi connectivity index (χ0n) is 7.60. The molecule has 0 fully saturated rings. The van der Waals surface area contributed by atoms with Crippen LogP contribution in [0.2, 0.25) is 0 Å². The number of rotatable bonds is 4. The van der Waals surface area contributed by atoms with Crippen LogP contribution in [0.25, 0.3) is 0 Å². The van der Waals surface area contributed by atoms with Crippen molar-refractivity contribution < 1.29 is 4.79 Å². The Labute approximate surface area is 77.7 Å². The molecule has 3 heteroatoms. The first kappa shape index (κ1) is 9.45. The summed E-state index contributed by atoms with van der Waals surface area (Å²) < 4.78 is 0. The highest BCUT2D eigenvalue weighted by molar-refractivity contribution is 5.76. The van der Waals surface area contributed by atoms with Gasteiger partial charge in [0.05, 0.1) is 0 Å². The molecule has 0 aromatic carbocycles. The third-order valence-electron chi connectivity index (χ3n) is 1.70. The van der Waals surface area contributed by atoms with Crippen LogP contribution in [-0.4, -0.2) is 24.9 Å². The van der Waals surface area contributed by atoms with Crippen molar-refractivity contribution in [3.8, 4) is 0 Å². The lowest BCUT2D eigenvalue weighted by atomic mass is 10.3. The van der Waals surface area contributed by atoms with E-state index in [1.165, 1.54) is 0 Å². The lowest BCUT2D eigenvalue weighted by Gasteiger charge is -2.15. The van der Waals surface area contributed by atoms with Gasteiger partial charge in [-0.25, -0.2) is 4.98 Å². The molecule has 0 N–H and O–H groups in total. The summed E-state index contributed by atoms with van der Waals surface area (Å²) in [6, 6.07) is 3.43. The molecule has 0 saturated heterocycles. The Morgan fingerprint density at radius 1 is 1.69 bits per heavy atom. The summed E-state index contributed by atoms with van der Waals surface area (Å²) in [5.41, 5.74) is 0.640. The number of carbonyl (C=O) groups is 1. The fourth-order valence-corrected chi connectivity index (χ4v) is 1.00. The number of aromatic nitrogens is 1. The second kappa shape index (κ2) is 4.40. The average molecular weight is 176 g/mol. The summed E-state index contributed by atoms with van der Waals surface area (Å²) in [7, 11) is 1.90. The van der Waals surface area contributed by atoms with E-state index < -0.39 is 0 Å². The maximum atomic E-state index is 10.5. The van der Waals surface area contributed by atoms with Crippen LogP contribution < -0.4 is 4.90 Å². The molecular formula is C10H12N2O. The number of hydrogen-bond donors (Lipinski definition) is 0. The van der Waals surface area contributed by atoms with E-state index in [0.29, 0.717) is 5.56 Å². The van der Waals surface area contributed by atoms with E-state index in [2.05, 4.69) is 11.6 Å². The predicted octanol–water partition coefficient (Wildman–Crippen LogP) is 1.52. The van der Waals surface area contributed by atoms with Crippen LogP contribution in [0.5, 0.6) is 0 Å². The number of hydrogen-bond acceptors (Lipinski definition) is 3. The van der Waals surface area contributed by atoms with Crippen molar-refractivity contribution in [1.82, 2.24) is 4.98 Å². The number of likely N-dealkylation sites (N-methyl/N-ethyl adjacent to an activating group) is 1. The van der Waals surface area contributed by atoms with Crippen LogP contribution >= 0.6 is 0 Å². The molecule has 68 valence electrons. The molecule has 1 aromatic rings. The molecule has 0 atom stereocenters. The summed E-state index contributed by atoms with van der Waals surface area (Å²) >= 11 is 0. The van der Waals surface area contributed by atoms with Gasteiger partial charge in [-0.3, -0.25) is 4.79 Å². The van der Waals surface area contributed by atoms with Gasteiger partial charge in [-0.2, -0.15) is 0 Å². The first-order chi connectivity index (χ1) is 6.27. The number of carbonyl (C=O) groups excluding carboxylic acids is 1. The van der Waals surface area contributed by atoms with Crippen molar-refractivity contribution in [2.24, 2.45) is 0 Å². The standard InChI is InChI=1S/C10H12N2O/c1-3-6-12(2)10-7-9(8-13)4-5-11-10/h3-5,7-8H,1,6H2,2H3. The van der Waals surface area contributed by atoms with Crippen LogP contribution in [0.4, 0.5) is 5.82 Å². The largest absolute Gasteiger partial charge is 0.356 e. The van der Waals surface area contributed by atoms with Gasteiger partial charge in [-0.05, 0) is 12.1 Å². The zero-order valence-corrected chi connectivity index (χ0v) is 7.60. The van der Waals surface area contributed by atoms with Gasteiger partial charge in [0.15, 0.2) is 0 Å². The Morgan fingerprint density at radius 3 is 3.08 bits per heavy atom. The topological polar surface area (TPSA) is 33.2 Å². The Hall–Kier alpha value is -1.64. The highest BCUT2D eigenvalue weighted by atomic mass is 16.1. The number of anilines is 1. The molecular weight excluding hydrogens is 164 g/mol. The SMILES string of the molecule is C=CCN(C)c1cc(C=O)ccn1. The normalized spacial score (nSPS) is 9.31. The van der Waals surface area contributed by atoms with Gasteiger partial charge in [0.2, 0.25) is 0 Å². The van der Waals surface area contributed by atoms with Crippen LogP contribution in [-0.2, 0) is 0 Å². The minimum absolute atomic E-state index is 0.640. The molecule has 3 nitrogen and oxygen atoms in total. The number of aldehydes is 1. The summed E-state index contributed by atoms with van der Waals surface area (Å²) in [6.45, 7) is 4.35. The van der Waals surface area contributed by atoms with Crippen molar-refractivity contribution in [3.63, 3.8) is 0 Å². The summed E-state index contributed by atoms with van der Waals surface area (Å²) in [5, 5.41) is 0. The van der Waals surface area contributed by atoms with Crippen molar-refractivity contribution in [2.75, 3.05) is 18.5 Å². The molecule has 0 spiro atoms. The Morgan fingerprint density at radius 2 is 2.46 bits per heavy atom. The van der Waals surface area contributed by atoms with E-state index >= 15 is 0 Å². The van der Waals surface area contributed by atoms with Crippen LogP contribution in [0.1, 0.15) is 10.4 Å². The van der Waals surface area contributed by atoms with Crippen LogP contribution in [0.3, 0.4) is 0 Å². The Balaban J connectivity index is 2.87. The van der Waals surface area contributed by atoms with Gasteiger partial charge in [0.1, 0.15) is 12.1 Å². The van der Waals surface area contributed by atoms with E-state index in [1.807, 2.05) is 11.9 Å². The second-order valence-electron chi connectivity index (χ2n) is 2.73. The van der Waals surface area contributed by atoms with Crippen molar-refractivity contribution in [1.29, 1.82) is 0 Å². The third-order valence-corrected chi connectivity index (χ3v) is 1.70. The summed E-state index contributed by atoms with van der Waals surface area (Å²) in [6.07, 6.45) is 4.22. The van der Waals surface area contributed by atoms with Gasteiger partial charge < -0.3 is 4.90 Å². The third kappa shape index (κ3) is 2.40. The van der Waals surface area contributed by atoms with Crippen molar-refractivity contribution in [2.45, 2.75) is 0 Å². The maximum absolute atomic E-state index is 10.5. The van der Waals surface area contributed by atoms with Gasteiger partial charge in [0, 0.05) is 25.4 Å². The molecule has 0 bridgehead atoms. The van der Waals surface area contributed by atoms with Crippen LogP contribution in [0.15, 0.2) is 31.0 Å². The first-order valence-electron chi connectivity index (χ1n) is 4.01. The monoisotopic (exact) mass is 176 g/mol. The molecule has 1 aromatic heterocycles. The fraction of sp³-hybridized carbons (Fsp3) is 0.200. The molecule has 0 aliphatic heterocycles. The quantitative estimate of drug-likeness (QED) is 0.515. The van der Waals surface area contributed by atoms with Crippen molar-refractivity contribution in [3.05, 3.63) is 36.5 Å². The highest BCUT2D eigenvalue weighted by Crippen LogP contribution is 2.09. The molecule has 1 rings (SSSR count). The lowest BCUT2D eigenvalue weighted by Crippen LogP contribution is -2.17. The fourth-order valence-electron chi connectivity index (χ4n) is 1.00. The molecule has 0 radical (unpaired) electrons. The number of nitrogens with zero attached hydrogens (tertiary/aromatic N) is 2. The van der Waals surface area contributed by atoms with Crippen LogP contribution in [0, 0.1) is 0 Å². The predicted molar refractivity (Wildman–Crippen MR) is 53.1 cm³/mol. The van der Waals surface area contributed by atoms with E-state index in [4.69, 9.17) is 0 Å². The van der Waals surface area contributed by atoms with Crippen molar-refractivity contribution >= 4 is 12.1 Å². The van der Waals surface area contributed by atoms with Gasteiger partial charge in [0.25, 0.3) is 0 Å². The first-order valence-corrected chi connectivity index (χ1v) is 4.01. The van der Waals surface area contributed by atoms with Gasteiger partial charge in [-0.1, -0.05) is 6.08 Å². The molecule has 0 aliphatic carbocycles. The van der Waals surface area contributed by atoms with E-state index in [1.54, 1.807) is 24.4 Å². The smallest absolute Gasteiger partial charge is 0.150 e. The maximum Gasteiger partial charge on any atom is 0.150 e. The summed E-state index contributed by atoms with van der Waals surface area (Å²) in [5.74, 6) is 0.782. The average Bonchev–Trinajstić information content (AvgIpc) is 2.18. The van der Waals surface area contributed by atoms with Gasteiger partial charge in [-0.15, -0.1) is 6.58 Å². The zero-order chi connectivity index (χ0) is 9.68. The highest BCUT2D eigenvalue weighted by Gasteiger charge is 2.00. The Bertz CT molecular complexity index is 310. The molecule has 0 saturated carbocycles. The van der Waals surface area contributed by atoms with E-state index in [-0.39, 0.29) is 0 Å². The second-order valence-corrected chi connectivity index (χ2v) is 2.73. The number of pyridine rings is 1. The van der Waals surface area contributed by atoms with Gasteiger partial charge >= 0.3 is 0 Å². The molecule has 1 heterocycles. The molecule has 13 heavy (non-hydrogen) atoms. The minimum atomic E-state index is 0.640. The lowest BCUT2D eigenvalue weighted by molar-refractivity contribution is 0.112.